The molecule has 3 aromatic rings. The van der Waals surface area contributed by atoms with Crippen molar-refractivity contribution in [3.8, 4) is 28.5 Å². The maximum Gasteiger partial charge on any atom is 0.227 e. The van der Waals surface area contributed by atoms with Gasteiger partial charge in [0.2, 0.25) is 5.88 Å². The molecule has 0 bridgehead atoms. The van der Waals surface area contributed by atoms with Crippen LogP contribution in [-0.2, 0) is 0 Å². The largest absolute Gasteiger partial charge is 0.496 e. The van der Waals surface area contributed by atoms with Crippen LogP contribution in [0.2, 0.25) is 0 Å². The summed E-state index contributed by atoms with van der Waals surface area (Å²) in [4.78, 5) is 10.7. The molecular formula is C19H19N3O2. The van der Waals surface area contributed by atoms with Gasteiger partial charge in [0.1, 0.15) is 17.3 Å². The predicted molar refractivity (Wildman–Crippen MR) is 94.9 cm³/mol. The van der Waals surface area contributed by atoms with Gasteiger partial charge >= 0.3 is 0 Å². The molecule has 0 spiro atoms. The number of hydrogen-bond acceptors (Lipinski definition) is 5. The average molecular weight is 321 g/mol. The Balaban J connectivity index is 1.95. The van der Waals surface area contributed by atoms with E-state index >= 15 is 0 Å². The van der Waals surface area contributed by atoms with E-state index in [1.54, 1.807) is 19.5 Å². The summed E-state index contributed by atoms with van der Waals surface area (Å²) in [5.74, 6) is 2.79. The highest BCUT2D eigenvalue weighted by Gasteiger charge is 2.12. The minimum atomic E-state index is 0.515. The number of ether oxygens (including phenoxy) is 2. The van der Waals surface area contributed by atoms with E-state index in [2.05, 4.69) is 9.97 Å². The highest BCUT2D eigenvalue weighted by molar-refractivity contribution is 5.74. The highest BCUT2D eigenvalue weighted by Crippen LogP contribution is 2.36. The standard InChI is InChI=1S/C19H19N3O2/c1-22(2)18-11-10-14(13-21-18)24-19-16(8-6-12-20-19)15-7-4-5-9-17(15)23-3/h4-13H,1-3H3. The fraction of sp³-hybridized carbons (Fsp3) is 0.158. The molecule has 5 heteroatoms. The van der Waals surface area contributed by atoms with Crippen LogP contribution < -0.4 is 14.4 Å². The Bertz CT molecular complexity index is 817. The van der Waals surface area contributed by atoms with Gasteiger partial charge in [-0.15, -0.1) is 0 Å². The number of benzene rings is 1. The predicted octanol–water partition coefficient (Wildman–Crippen LogP) is 4.01. The van der Waals surface area contributed by atoms with E-state index < -0.39 is 0 Å². The minimum Gasteiger partial charge on any atom is -0.496 e. The van der Waals surface area contributed by atoms with Crippen LogP contribution in [0.25, 0.3) is 11.1 Å². The van der Waals surface area contributed by atoms with Gasteiger partial charge in [0.15, 0.2) is 0 Å². The normalized spacial score (nSPS) is 10.3. The van der Waals surface area contributed by atoms with Gasteiger partial charge in [-0.2, -0.15) is 0 Å². The molecule has 2 aromatic heterocycles. The molecular weight excluding hydrogens is 302 g/mol. The summed E-state index contributed by atoms with van der Waals surface area (Å²) in [5.41, 5.74) is 1.80. The average Bonchev–Trinajstić information content (AvgIpc) is 2.62. The Labute approximate surface area is 141 Å². The van der Waals surface area contributed by atoms with Gasteiger partial charge in [0, 0.05) is 31.4 Å². The van der Waals surface area contributed by atoms with Crippen molar-refractivity contribution in [2.45, 2.75) is 0 Å². The van der Waals surface area contributed by atoms with E-state index in [1.165, 1.54) is 0 Å². The van der Waals surface area contributed by atoms with Crippen molar-refractivity contribution in [3.05, 3.63) is 60.9 Å². The van der Waals surface area contributed by atoms with Gasteiger partial charge in [-0.1, -0.05) is 18.2 Å². The van der Waals surface area contributed by atoms with Crippen LogP contribution >= 0.6 is 0 Å². The first kappa shape index (κ1) is 15.8. The smallest absolute Gasteiger partial charge is 0.227 e. The zero-order chi connectivity index (χ0) is 16.9. The highest BCUT2D eigenvalue weighted by atomic mass is 16.5. The molecule has 24 heavy (non-hydrogen) atoms. The van der Waals surface area contributed by atoms with Gasteiger partial charge in [-0.25, -0.2) is 9.97 Å². The number of nitrogens with zero attached hydrogens (tertiary/aromatic N) is 3. The van der Waals surface area contributed by atoms with Gasteiger partial charge < -0.3 is 14.4 Å². The van der Waals surface area contributed by atoms with Crippen molar-refractivity contribution in [2.24, 2.45) is 0 Å². The van der Waals surface area contributed by atoms with Gasteiger partial charge in [-0.05, 0) is 30.3 Å². The molecule has 0 atom stereocenters. The monoisotopic (exact) mass is 321 g/mol. The number of methoxy groups -OCH3 is 1. The van der Waals surface area contributed by atoms with Gasteiger partial charge in [-0.3, -0.25) is 0 Å². The first-order chi connectivity index (χ1) is 11.7. The van der Waals surface area contributed by atoms with Crippen molar-refractivity contribution in [3.63, 3.8) is 0 Å². The molecule has 2 heterocycles. The Morgan fingerprint density at radius 1 is 0.875 bits per heavy atom. The number of rotatable bonds is 5. The Hall–Kier alpha value is -3.08. The van der Waals surface area contributed by atoms with Gasteiger partial charge in [0.25, 0.3) is 0 Å². The lowest BCUT2D eigenvalue weighted by Crippen LogP contribution is -2.10. The van der Waals surface area contributed by atoms with Gasteiger partial charge in [0.05, 0.1) is 13.3 Å². The molecule has 0 aliphatic carbocycles. The summed E-state index contributed by atoms with van der Waals surface area (Å²) in [5, 5.41) is 0. The molecule has 0 radical (unpaired) electrons. The Morgan fingerprint density at radius 3 is 2.38 bits per heavy atom. The molecule has 0 unspecified atom stereocenters. The third kappa shape index (κ3) is 3.30. The van der Waals surface area contributed by atoms with Crippen molar-refractivity contribution in [1.29, 1.82) is 0 Å². The fourth-order valence-corrected chi connectivity index (χ4v) is 2.35. The van der Waals surface area contributed by atoms with E-state index in [-0.39, 0.29) is 0 Å². The molecule has 0 saturated heterocycles. The van der Waals surface area contributed by atoms with E-state index in [9.17, 15) is 0 Å². The maximum atomic E-state index is 5.95. The van der Waals surface area contributed by atoms with Crippen molar-refractivity contribution >= 4 is 5.82 Å². The number of anilines is 1. The van der Waals surface area contributed by atoms with Crippen molar-refractivity contribution in [2.75, 3.05) is 26.1 Å². The molecule has 0 fully saturated rings. The van der Waals surface area contributed by atoms with E-state index in [4.69, 9.17) is 9.47 Å². The first-order valence-electron chi connectivity index (χ1n) is 7.58. The lowest BCUT2D eigenvalue weighted by Gasteiger charge is -2.14. The van der Waals surface area contributed by atoms with Crippen LogP contribution in [-0.4, -0.2) is 31.2 Å². The SMILES string of the molecule is COc1ccccc1-c1cccnc1Oc1ccc(N(C)C)nc1. The molecule has 0 amide bonds. The molecule has 122 valence electrons. The topological polar surface area (TPSA) is 47.5 Å². The molecule has 5 nitrogen and oxygen atoms in total. The van der Waals surface area contributed by atoms with Crippen LogP contribution in [0.1, 0.15) is 0 Å². The Morgan fingerprint density at radius 2 is 1.67 bits per heavy atom. The molecule has 1 aromatic carbocycles. The first-order valence-corrected chi connectivity index (χ1v) is 7.58. The summed E-state index contributed by atoms with van der Waals surface area (Å²) in [6.07, 6.45) is 3.39. The number of para-hydroxylation sites is 1. The minimum absolute atomic E-state index is 0.515. The van der Waals surface area contributed by atoms with Crippen LogP contribution in [0.4, 0.5) is 5.82 Å². The summed E-state index contributed by atoms with van der Waals surface area (Å²) in [7, 11) is 5.54. The summed E-state index contributed by atoms with van der Waals surface area (Å²) < 4.78 is 11.4. The molecule has 3 rings (SSSR count). The summed E-state index contributed by atoms with van der Waals surface area (Å²) in [6.45, 7) is 0. The fourth-order valence-electron chi connectivity index (χ4n) is 2.35. The van der Waals surface area contributed by atoms with E-state index in [0.717, 1.165) is 22.7 Å². The quantitative estimate of drug-likeness (QED) is 0.710. The summed E-state index contributed by atoms with van der Waals surface area (Å²) >= 11 is 0. The zero-order valence-corrected chi connectivity index (χ0v) is 13.9. The maximum absolute atomic E-state index is 5.95. The Kier molecular flexibility index (Phi) is 4.61. The third-order valence-electron chi connectivity index (χ3n) is 3.56. The summed E-state index contributed by atoms with van der Waals surface area (Å²) in [6, 6.07) is 15.4. The number of aromatic nitrogens is 2. The second-order valence-corrected chi connectivity index (χ2v) is 5.40. The van der Waals surface area contributed by atoms with Crippen LogP contribution in [0.5, 0.6) is 17.4 Å². The van der Waals surface area contributed by atoms with Crippen LogP contribution in [0.15, 0.2) is 60.9 Å². The van der Waals surface area contributed by atoms with Crippen LogP contribution in [0, 0.1) is 0 Å². The van der Waals surface area contributed by atoms with E-state index in [1.807, 2.05) is 67.5 Å². The van der Waals surface area contributed by atoms with E-state index in [0.29, 0.717) is 11.6 Å². The molecule has 0 saturated carbocycles. The second-order valence-electron chi connectivity index (χ2n) is 5.40. The second kappa shape index (κ2) is 7.00. The van der Waals surface area contributed by atoms with Crippen molar-refractivity contribution in [1.82, 2.24) is 9.97 Å². The third-order valence-corrected chi connectivity index (χ3v) is 3.56. The molecule has 0 N–H and O–H groups in total. The number of hydrogen-bond donors (Lipinski definition) is 0. The lowest BCUT2D eigenvalue weighted by molar-refractivity contribution is 0.415. The number of pyridine rings is 2. The molecule has 0 aliphatic rings. The lowest BCUT2D eigenvalue weighted by atomic mass is 10.1. The zero-order valence-electron chi connectivity index (χ0n) is 13.9. The van der Waals surface area contributed by atoms with Crippen LogP contribution in [0.3, 0.4) is 0 Å². The molecule has 0 aliphatic heterocycles. The van der Waals surface area contributed by atoms with Crippen molar-refractivity contribution < 1.29 is 9.47 Å².